The van der Waals surface area contributed by atoms with Crippen LogP contribution in [-0.4, -0.2) is 48.3 Å². The van der Waals surface area contributed by atoms with Crippen molar-refractivity contribution >= 4 is 23.2 Å². The number of fused-ring (bicyclic) bond motifs is 2. The van der Waals surface area contributed by atoms with Crippen molar-refractivity contribution in [1.29, 1.82) is 5.26 Å². The Labute approximate surface area is 211 Å². The van der Waals surface area contributed by atoms with E-state index in [4.69, 9.17) is 5.10 Å². The average Bonchev–Trinajstić information content (AvgIpc) is 3.62. The van der Waals surface area contributed by atoms with E-state index in [9.17, 15) is 14.4 Å². The first-order valence-electron chi connectivity index (χ1n) is 11.9. The molecule has 0 bridgehead atoms. The number of pyridine rings is 2. The summed E-state index contributed by atoms with van der Waals surface area (Å²) in [5.41, 5.74) is 3.95. The number of hydrogen-bond donors (Lipinski definition) is 0. The van der Waals surface area contributed by atoms with Crippen molar-refractivity contribution in [1.82, 2.24) is 29.3 Å². The quantitative estimate of drug-likeness (QED) is 0.409. The summed E-state index contributed by atoms with van der Waals surface area (Å²) in [6, 6.07) is 7.37. The third-order valence-corrected chi connectivity index (χ3v) is 8.53. The first-order chi connectivity index (χ1) is 17.4. The van der Waals surface area contributed by atoms with Gasteiger partial charge in [0.25, 0.3) is 0 Å². The smallest absolute Gasteiger partial charge is 0.219 e. The minimum Gasteiger partial charge on any atom is -0.342 e. The highest BCUT2D eigenvalue weighted by atomic mass is 32.2. The van der Waals surface area contributed by atoms with Gasteiger partial charge < -0.3 is 4.90 Å². The minimum absolute atomic E-state index is 0.159. The third kappa shape index (κ3) is 3.75. The van der Waals surface area contributed by atoms with Crippen LogP contribution in [0.4, 0.5) is 4.39 Å². The van der Waals surface area contributed by atoms with Gasteiger partial charge in [-0.25, -0.2) is 13.9 Å². The van der Waals surface area contributed by atoms with Gasteiger partial charge in [-0.05, 0) is 49.8 Å². The molecule has 1 saturated carbocycles. The Balaban J connectivity index is 1.35. The van der Waals surface area contributed by atoms with Crippen LogP contribution in [0.2, 0.25) is 0 Å². The van der Waals surface area contributed by atoms with Gasteiger partial charge in [-0.2, -0.15) is 15.5 Å². The van der Waals surface area contributed by atoms with Crippen LogP contribution in [0, 0.1) is 35.9 Å². The summed E-state index contributed by atoms with van der Waals surface area (Å²) in [5.74, 6) is 0.786. The van der Waals surface area contributed by atoms with Gasteiger partial charge in [0, 0.05) is 54.1 Å². The molecule has 0 aromatic carbocycles. The molecule has 3 atom stereocenters. The largest absolute Gasteiger partial charge is 0.342 e. The fourth-order valence-electron chi connectivity index (χ4n) is 5.74. The van der Waals surface area contributed by atoms with Gasteiger partial charge in [0.15, 0.2) is 5.82 Å². The molecule has 10 heteroatoms. The first-order valence-corrected chi connectivity index (χ1v) is 12.7. The summed E-state index contributed by atoms with van der Waals surface area (Å²) in [4.78, 5) is 18.6. The van der Waals surface area contributed by atoms with Crippen molar-refractivity contribution < 1.29 is 9.18 Å². The van der Waals surface area contributed by atoms with E-state index in [0.717, 1.165) is 42.8 Å². The van der Waals surface area contributed by atoms with Crippen LogP contribution in [0.3, 0.4) is 0 Å². The van der Waals surface area contributed by atoms with Crippen molar-refractivity contribution in [3.05, 3.63) is 60.1 Å². The molecule has 6 rings (SSSR count). The van der Waals surface area contributed by atoms with E-state index in [0.29, 0.717) is 33.9 Å². The summed E-state index contributed by atoms with van der Waals surface area (Å²) >= 11 is 1.18. The molecule has 0 N–H and O–H groups in total. The lowest BCUT2D eigenvalue weighted by Gasteiger charge is -2.19. The van der Waals surface area contributed by atoms with Crippen LogP contribution in [0.5, 0.6) is 0 Å². The van der Waals surface area contributed by atoms with Crippen LogP contribution < -0.4 is 0 Å². The first kappa shape index (κ1) is 22.7. The molecule has 0 radical (unpaired) electrons. The number of rotatable bonds is 4. The number of carbonyl (C=O) groups is 1. The second kappa shape index (κ2) is 8.75. The van der Waals surface area contributed by atoms with Crippen LogP contribution in [0.25, 0.3) is 16.6 Å². The number of nitriles is 1. The molecule has 1 aliphatic heterocycles. The van der Waals surface area contributed by atoms with Gasteiger partial charge in [0.05, 0.1) is 29.5 Å². The lowest BCUT2D eigenvalue weighted by Crippen LogP contribution is -2.27. The molecular formula is C26H24FN7OS. The number of likely N-dealkylation sites (tertiary alicyclic amines) is 1. The monoisotopic (exact) mass is 501 g/mol. The number of amides is 1. The molecule has 2 fully saturated rings. The molecular weight excluding hydrogens is 477 g/mol. The van der Waals surface area contributed by atoms with Gasteiger partial charge in [-0.3, -0.25) is 9.48 Å². The molecule has 0 spiro atoms. The fraction of sp³-hybridized carbons (Fsp3) is 0.346. The molecule has 2 unspecified atom stereocenters. The van der Waals surface area contributed by atoms with Crippen LogP contribution in [0.1, 0.15) is 37.1 Å². The van der Waals surface area contributed by atoms with E-state index < -0.39 is 5.82 Å². The van der Waals surface area contributed by atoms with Crippen LogP contribution in [-0.2, 0) is 4.79 Å². The van der Waals surface area contributed by atoms with Crippen molar-refractivity contribution in [2.75, 3.05) is 13.1 Å². The lowest BCUT2D eigenvalue weighted by atomic mass is 10.0. The van der Waals surface area contributed by atoms with E-state index >= 15 is 0 Å². The number of hydrogen-bond acceptors (Lipinski definition) is 6. The molecule has 182 valence electrons. The summed E-state index contributed by atoms with van der Waals surface area (Å²) in [6.45, 7) is 5.39. The number of carbonyl (C=O) groups excluding carboxylic acids is 1. The fourth-order valence-corrected chi connectivity index (χ4v) is 6.71. The molecule has 1 saturated heterocycles. The topological polar surface area (TPSA) is 92.1 Å². The zero-order chi connectivity index (χ0) is 25.0. The van der Waals surface area contributed by atoms with Crippen molar-refractivity contribution in [2.45, 2.75) is 42.7 Å². The summed E-state index contributed by atoms with van der Waals surface area (Å²) in [6.07, 6.45) is 8.86. The van der Waals surface area contributed by atoms with Crippen molar-refractivity contribution in [2.24, 2.45) is 11.8 Å². The second-order valence-electron chi connectivity index (χ2n) is 9.61. The predicted octanol–water partition coefficient (Wildman–Crippen LogP) is 4.49. The standard InChI is InChI=1S/C26H24FN7OS/c1-15-22(11-31-34(15)21-6-17-12-32(16(2)35)13-18(17)7-21)19-8-24(36-26-23(27)4-3-5-29-26)25-20(9-28)10-30-33(25)14-19/h3-5,8,10-11,14,17-18,21H,6-7,12-13H2,1-2H3/t17-,18?,21?/m0/s1. The molecule has 5 heterocycles. The van der Waals surface area contributed by atoms with Crippen LogP contribution >= 0.6 is 11.8 Å². The maximum absolute atomic E-state index is 14.4. The third-order valence-electron chi connectivity index (χ3n) is 7.50. The maximum Gasteiger partial charge on any atom is 0.219 e. The number of nitrogens with zero attached hydrogens (tertiary/aromatic N) is 7. The minimum atomic E-state index is -0.414. The average molecular weight is 502 g/mol. The normalized spacial score (nSPS) is 21.2. The van der Waals surface area contributed by atoms with Gasteiger partial charge in [-0.1, -0.05) is 11.8 Å². The Hall–Kier alpha value is -3.71. The van der Waals surface area contributed by atoms with Crippen molar-refractivity contribution in [3.8, 4) is 17.2 Å². The zero-order valence-electron chi connectivity index (χ0n) is 19.9. The Bertz CT molecular complexity index is 1520. The highest BCUT2D eigenvalue weighted by Gasteiger charge is 2.42. The van der Waals surface area contributed by atoms with E-state index in [-0.39, 0.29) is 10.9 Å². The SMILES string of the molecule is CC(=O)N1CC2CC(n3ncc(-c4cc(Sc5ncccc5F)c5c(C#N)cnn5c4)c3C)C[C@H]2C1. The Morgan fingerprint density at radius 2 is 2.00 bits per heavy atom. The highest BCUT2D eigenvalue weighted by Crippen LogP contribution is 2.45. The predicted molar refractivity (Wildman–Crippen MR) is 132 cm³/mol. The van der Waals surface area contributed by atoms with E-state index in [2.05, 4.69) is 27.8 Å². The molecule has 4 aromatic rings. The maximum atomic E-state index is 14.4. The van der Waals surface area contributed by atoms with Crippen LogP contribution in [0.15, 0.2) is 52.9 Å². The molecule has 8 nitrogen and oxygen atoms in total. The Morgan fingerprint density at radius 3 is 2.69 bits per heavy atom. The van der Waals surface area contributed by atoms with E-state index in [1.54, 1.807) is 23.7 Å². The number of aromatic nitrogens is 5. The van der Waals surface area contributed by atoms with E-state index in [1.165, 1.54) is 24.0 Å². The molecule has 4 aromatic heterocycles. The Kier molecular flexibility index (Phi) is 5.52. The molecule has 1 aliphatic carbocycles. The van der Waals surface area contributed by atoms with Crippen molar-refractivity contribution in [3.63, 3.8) is 0 Å². The van der Waals surface area contributed by atoms with Gasteiger partial charge >= 0.3 is 0 Å². The molecule has 36 heavy (non-hydrogen) atoms. The zero-order valence-corrected chi connectivity index (χ0v) is 20.7. The summed E-state index contributed by atoms with van der Waals surface area (Å²) < 4.78 is 18.2. The summed E-state index contributed by atoms with van der Waals surface area (Å²) in [7, 11) is 0. The molecule has 2 aliphatic rings. The summed E-state index contributed by atoms with van der Waals surface area (Å²) in [5, 5.41) is 19.0. The van der Waals surface area contributed by atoms with E-state index in [1.807, 2.05) is 23.4 Å². The van der Waals surface area contributed by atoms with Gasteiger partial charge in [-0.15, -0.1) is 0 Å². The number of halogens is 1. The lowest BCUT2D eigenvalue weighted by molar-refractivity contribution is -0.128. The molecule has 1 amide bonds. The highest BCUT2D eigenvalue weighted by molar-refractivity contribution is 7.99. The van der Waals surface area contributed by atoms with Gasteiger partial charge in [0.2, 0.25) is 5.91 Å². The van der Waals surface area contributed by atoms with Gasteiger partial charge in [0.1, 0.15) is 11.1 Å². The Morgan fingerprint density at radius 1 is 1.22 bits per heavy atom. The second-order valence-corrected chi connectivity index (χ2v) is 10.6.